The molecule has 0 bridgehead atoms. The second-order valence-electron chi connectivity index (χ2n) is 4.39. The van der Waals surface area contributed by atoms with Crippen LogP contribution < -0.4 is 10.6 Å². The van der Waals surface area contributed by atoms with Gasteiger partial charge in [-0.1, -0.05) is 6.07 Å². The maximum atomic E-state index is 13.6. The van der Waals surface area contributed by atoms with Gasteiger partial charge >= 0.3 is 0 Å². The molecule has 110 valence electrons. The quantitative estimate of drug-likeness (QED) is 0.889. The van der Waals surface area contributed by atoms with Crippen LogP contribution in [0.15, 0.2) is 36.5 Å². The Morgan fingerprint density at radius 1 is 1.24 bits per heavy atom. The molecule has 0 saturated carbocycles. The van der Waals surface area contributed by atoms with E-state index in [4.69, 9.17) is 0 Å². The first kappa shape index (κ1) is 14.9. The van der Waals surface area contributed by atoms with Gasteiger partial charge in [0.1, 0.15) is 17.3 Å². The number of aromatic nitrogens is 1. The Kier molecular flexibility index (Phi) is 4.81. The number of nitrogens with zero attached hydrogens (tertiary/aromatic N) is 1. The first-order valence-electron chi connectivity index (χ1n) is 6.46. The molecule has 0 aliphatic heterocycles. The minimum atomic E-state index is -0.799. The Morgan fingerprint density at radius 3 is 2.52 bits per heavy atom. The highest BCUT2D eigenvalue weighted by atomic mass is 19.1. The molecule has 0 unspecified atom stereocenters. The molecule has 1 aromatic carbocycles. The summed E-state index contributed by atoms with van der Waals surface area (Å²) in [6.45, 7) is 0.340. The SMILES string of the molecule is CNc1c(F)cc(C(=O)NCCc2ccccn2)cc1F. The lowest BCUT2D eigenvalue weighted by Crippen LogP contribution is -2.26. The van der Waals surface area contributed by atoms with Crippen molar-refractivity contribution in [3.05, 3.63) is 59.4 Å². The molecule has 0 fully saturated rings. The van der Waals surface area contributed by atoms with Crippen LogP contribution in [-0.2, 0) is 6.42 Å². The molecule has 0 spiro atoms. The molecule has 0 aliphatic carbocycles. The topological polar surface area (TPSA) is 54.0 Å². The van der Waals surface area contributed by atoms with E-state index in [1.807, 2.05) is 12.1 Å². The molecule has 0 radical (unpaired) electrons. The van der Waals surface area contributed by atoms with Crippen molar-refractivity contribution in [3.63, 3.8) is 0 Å². The predicted octanol–water partition coefficient (Wildman–Crippen LogP) is 2.37. The molecular formula is C15H15F2N3O. The second-order valence-corrected chi connectivity index (χ2v) is 4.39. The van der Waals surface area contributed by atoms with E-state index >= 15 is 0 Å². The summed E-state index contributed by atoms with van der Waals surface area (Å²) in [4.78, 5) is 16.0. The van der Waals surface area contributed by atoms with Gasteiger partial charge in [0.2, 0.25) is 0 Å². The fourth-order valence-corrected chi connectivity index (χ4v) is 1.90. The van der Waals surface area contributed by atoms with Crippen LogP contribution >= 0.6 is 0 Å². The molecule has 0 aliphatic rings. The summed E-state index contributed by atoms with van der Waals surface area (Å²) in [5.41, 5.74) is 0.533. The Balaban J connectivity index is 1.98. The summed E-state index contributed by atoms with van der Waals surface area (Å²) in [6.07, 6.45) is 2.21. The standard InChI is InChI=1S/C15H15F2N3O/c1-18-14-12(16)8-10(9-13(14)17)15(21)20-7-5-11-4-2-3-6-19-11/h2-4,6,8-9,18H,5,7H2,1H3,(H,20,21). The van der Waals surface area contributed by atoms with Crippen molar-refractivity contribution >= 4 is 11.6 Å². The van der Waals surface area contributed by atoms with Gasteiger partial charge < -0.3 is 10.6 Å². The summed E-state index contributed by atoms with van der Waals surface area (Å²) >= 11 is 0. The molecule has 6 heteroatoms. The molecule has 0 saturated heterocycles. The van der Waals surface area contributed by atoms with Crippen molar-refractivity contribution < 1.29 is 13.6 Å². The minimum Gasteiger partial charge on any atom is -0.383 e. The minimum absolute atomic E-state index is 0.0509. The van der Waals surface area contributed by atoms with Crippen LogP contribution in [0.5, 0.6) is 0 Å². The number of nitrogens with one attached hydrogen (secondary N) is 2. The van der Waals surface area contributed by atoms with Gasteiger partial charge in [0.15, 0.2) is 0 Å². The van der Waals surface area contributed by atoms with E-state index in [0.717, 1.165) is 17.8 Å². The number of hydrogen-bond donors (Lipinski definition) is 2. The number of rotatable bonds is 5. The summed E-state index contributed by atoms with van der Waals surface area (Å²) in [5.74, 6) is -2.12. The maximum absolute atomic E-state index is 13.6. The highest BCUT2D eigenvalue weighted by molar-refractivity contribution is 5.94. The van der Waals surface area contributed by atoms with Gasteiger partial charge in [0, 0.05) is 37.5 Å². The largest absolute Gasteiger partial charge is 0.383 e. The lowest BCUT2D eigenvalue weighted by Gasteiger charge is -2.08. The van der Waals surface area contributed by atoms with E-state index in [-0.39, 0.29) is 11.3 Å². The zero-order valence-corrected chi connectivity index (χ0v) is 11.5. The summed E-state index contributed by atoms with van der Waals surface area (Å²) < 4.78 is 27.1. The molecule has 0 atom stereocenters. The third kappa shape index (κ3) is 3.75. The molecule has 4 nitrogen and oxygen atoms in total. The molecule has 21 heavy (non-hydrogen) atoms. The van der Waals surface area contributed by atoms with Crippen molar-refractivity contribution in [2.24, 2.45) is 0 Å². The third-order valence-electron chi connectivity index (χ3n) is 2.95. The van der Waals surface area contributed by atoms with E-state index in [1.54, 1.807) is 12.3 Å². The molecule has 1 amide bonds. The van der Waals surface area contributed by atoms with E-state index in [2.05, 4.69) is 15.6 Å². The first-order valence-corrected chi connectivity index (χ1v) is 6.46. The summed E-state index contributed by atoms with van der Waals surface area (Å²) in [6, 6.07) is 7.51. The van der Waals surface area contributed by atoms with Crippen molar-refractivity contribution in [2.45, 2.75) is 6.42 Å². The zero-order valence-electron chi connectivity index (χ0n) is 11.5. The van der Waals surface area contributed by atoms with Crippen LogP contribution in [0.2, 0.25) is 0 Å². The Labute approximate surface area is 121 Å². The smallest absolute Gasteiger partial charge is 0.251 e. The van der Waals surface area contributed by atoms with Crippen LogP contribution in [-0.4, -0.2) is 24.5 Å². The van der Waals surface area contributed by atoms with Crippen LogP contribution in [0.1, 0.15) is 16.1 Å². The van der Waals surface area contributed by atoms with Gasteiger partial charge in [-0.15, -0.1) is 0 Å². The van der Waals surface area contributed by atoms with E-state index in [1.165, 1.54) is 7.05 Å². The summed E-state index contributed by atoms with van der Waals surface area (Å²) in [7, 11) is 1.41. The molecular weight excluding hydrogens is 276 g/mol. The number of halogens is 2. The maximum Gasteiger partial charge on any atom is 0.251 e. The summed E-state index contributed by atoms with van der Waals surface area (Å²) in [5, 5.41) is 5.01. The van der Waals surface area contributed by atoms with Crippen LogP contribution in [0.4, 0.5) is 14.5 Å². The van der Waals surface area contributed by atoms with Gasteiger partial charge in [-0.2, -0.15) is 0 Å². The van der Waals surface area contributed by atoms with Gasteiger partial charge in [0.25, 0.3) is 5.91 Å². The van der Waals surface area contributed by atoms with Crippen molar-refractivity contribution in [3.8, 4) is 0 Å². The van der Waals surface area contributed by atoms with Crippen LogP contribution in [0, 0.1) is 11.6 Å². The number of anilines is 1. The average molecular weight is 291 g/mol. The van der Waals surface area contributed by atoms with Gasteiger partial charge in [0.05, 0.1) is 0 Å². The van der Waals surface area contributed by atoms with Gasteiger partial charge in [-0.3, -0.25) is 9.78 Å². The monoisotopic (exact) mass is 291 g/mol. The second kappa shape index (κ2) is 6.78. The van der Waals surface area contributed by atoms with Gasteiger partial charge in [-0.05, 0) is 24.3 Å². The first-order chi connectivity index (χ1) is 10.1. The van der Waals surface area contributed by atoms with E-state index < -0.39 is 17.5 Å². The van der Waals surface area contributed by atoms with Crippen LogP contribution in [0.3, 0.4) is 0 Å². The van der Waals surface area contributed by atoms with E-state index in [9.17, 15) is 13.6 Å². The lowest BCUT2D eigenvalue weighted by atomic mass is 10.1. The predicted molar refractivity (Wildman–Crippen MR) is 76.2 cm³/mol. The van der Waals surface area contributed by atoms with Crippen molar-refractivity contribution in [1.29, 1.82) is 0 Å². The highest BCUT2D eigenvalue weighted by Gasteiger charge is 2.14. The Morgan fingerprint density at radius 2 is 1.95 bits per heavy atom. The molecule has 2 N–H and O–H groups in total. The van der Waals surface area contributed by atoms with Crippen molar-refractivity contribution in [2.75, 3.05) is 18.9 Å². The highest BCUT2D eigenvalue weighted by Crippen LogP contribution is 2.20. The molecule has 1 aromatic heterocycles. The Hall–Kier alpha value is -2.50. The zero-order chi connectivity index (χ0) is 15.2. The molecule has 1 heterocycles. The molecule has 2 aromatic rings. The number of pyridine rings is 1. The van der Waals surface area contributed by atoms with E-state index in [0.29, 0.717) is 13.0 Å². The fraction of sp³-hybridized carbons (Fsp3) is 0.200. The van der Waals surface area contributed by atoms with Gasteiger partial charge in [-0.25, -0.2) is 8.78 Å². The molecule has 2 rings (SSSR count). The number of hydrogen-bond acceptors (Lipinski definition) is 3. The lowest BCUT2D eigenvalue weighted by molar-refractivity contribution is 0.0953. The number of benzene rings is 1. The van der Waals surface area contributed by atoms with Crippen LogP contribution in [0.25, 0.3) is 0 Å². The number of carbonyl (C=O) groups is 1. The van der Waals surface area contributed by atoms with Crippen molar-refractivity contribution in [1.82, 2.24) is 10.3 Å². The third-order valence-corrected chi connectivity index (χ3v) is 2.95. The number of carbonyl (C=O) groups excluding carboxylic acids is 1. The normalized spacial score (nSPS) is 10.2. The fourth-order valence-electron chi connectivity index (χ4n) is 1.90. The number of amides is 1. The average Bonchev–Trinajstić information content (AvgIpc) is 2.48. The Bertz CT molecular complexity index is 609.